The van der Waals surface area contributed by atoms with E-state index in [1.54, 1.807) is 6.08 Å². The van der Waals surface area contributed by atoms with Crippen LogP contribution in [0.15, 0.2) is 120 Å². The van der Waals surface area contributed by atoms with Gasteiger partial charge in [-0.2, -0.15) is 0 Å². The minimum absolute atomic E-state index is 0.0330. The van der Waals surface area contributed by atoms with Gasteiger partial charge < -0.3 is 24.1 Å². The standard InChI is InChI=1S/C36H35ClO5/c1-26(39-23-21-38)27(2)40-24-25-42-31-18-14-29(15-19-31)36(28-12-16-30(17-13-28)41-22-7-20-37)34-10-5-3-8-32(34)33-9-4-6-11-35(33)36/h3-20,38H,21-25H2,1-2H3/b20-7+,27-26?. The fourth-order valence-electron chi connectivity index (χ4n) is 5.56. The van der Waals surface area contributed by atoms with Crippen molar-refractivity contribution in [3.05, 3.63) is 142 Å². The van der Waals surface area contributed by atoms with Crippen molar-refractivity contribution < 1.29 is 24.1 Å². The quantitative estimate of drug-likeness (QED) is 0.113. The maximum atomic E-state index is 8.93. The highest BCUT2D eigenvalue weighted by Gasteiger charge is 2.45. The minimum atomic E-state index is -0.503. The molecule has 0 amide bonds. The van der Waals surface area contributed by atoms with Gasteiger partial charge in [0, 0.05) is 5.54 Å². The molecule has 42 heavy (non-hydrogen) atoms. The van der Waals surface area contributed by atoms with E-state index < -0.39 is 5.41 Å². The molecule has 1 aliphatic carbocycles. The van der Waals surface area contributed by atoms with Crippen molar-refractivity contribution in [3.8, 4) is 22.6 Å². The highest BCUT2D eigenvalue weighted by Crippen LogP contribution is 2.56. The molecule has 0 unspecified atom stereocenters. The average Bonchev–Trinajstić information content (AvgIpc) is 3.34. The Kier molecular flexibility index (Phi) is 9.52. The molecule has 0 saturated heterocycles. The molecule has 0 atom stereocenters. The third-order valence-electron chi connectivity index (χ3n) is 7.54. The Bertz CT molecular complexity index is 1490. The molecule has 0 bridgehead atoms. The Labute approximate surface area is 252 Å². The first-order chi connectivity index (χ1) is 20.6. The topological polar surface area (TPSA) is 57.2 Å². The molecule has 5 nitrogen and oxygen atoms in total. The number of fused-ring (bicyclic) bond motifs is 3. The number of hydrogen-bond acceptors (Lipinski definition) is 5. The zero-order valence-corrected chi connectivity index (χ0v) is 24.6. The second-order valence-electron chi connectivity index (χ2n) is 9.94. The summed E-state index contributed by atoms with van der Waals surface area (Å²) < 4.78 is 23.0. The maximum Gasteiger partial charge on any atom is 0.130 e. The van der Waals surface area contributed by atoms with E-state index in [1.807, 2.05) is 38.1 Å². The van der Waals surface area contributed by atoms with Crippen LogP contribution in [-0.2, 0) is 14.9 Å². The van der Waals surface area contributed by atoms with E-state index in [-0.39, 0.29) is 13.2 Å². The number of aliphatic hydroxyl groups excluding tert-OH is 1. The fraction of sp³-hybridized carbons (Fsp3) is 0.222. The van der Waals surface area contributed by atoms with Crippen LogP contribution in [-0.4, -0.2) is 38.1 Å². The molecule has 216 valence electrons. The van der Waals surface area contributed by atoms with Gasteiger partial charge >= 0.3 is 0 Å². The van der Waals surface area contributed by atoms with Crippen molar-refractivity contribution in [2.45, 2.75) is 19.3 Å². The van der Waals surface area contributed by atoms with Crippen molar-refractivity contribution >= 4 is 11.6 Å². The smallest absolute Gasteiger partial charge is 0.130 e. The van der Waals surface area contributed by atoms with Gasteiger partial charge in [-0.3, -0.25) is 0 Å². The van der Waals surface area contributed by atoms with Crippen LogP contribution < -0.4 is 9.47 Å². The van der Waals surface area contributed by atoms with Crippen molar-refractivity contribution in [1.29, 1.82) is 0 Å². The van der Waals surface area contributed by atoms with E-state index in [2.05, 4.69) is 72.8 Å². The van der Waals surface area contributed by atoms with Crippen molar-refractivity contribution in [2.24, 2.45) is 0 Å². The molecule has 0 saturated carbocycles. The van der Waals surface area contributed by atoms with Crippen LogP contribution in [0.3, 0.4) is 0 Å². The van der Waals surface area contributed by atoms with Gasteiger partial charge in [0.05, 0.1) is 12.0 Å². The average molecular weight is 583 g/mol. The predicted octanol–water partition coefficient (Wildman–Crippen LogP) is 7.84. The summed E-state index contributed by atoms with van der Waals surface area (Å²) in [5.41, 5.74) is 8.23. The van der Waals surface area contributed by atoms with Gasteiger partial charge in [-0.15, -0.1) is 0 Å². The third-order valence-corrected chi connectivity index (χ3v) is 7.72. The number of halogens is 1. The summed E-state index contributed by atoms with van der Waals surface area (Å²) in [6.07, 6.45) is 1.77. The lowest BCUT2D eigenvalue weighted by molar-refractivity contribution is 0.111. The number of aliphatic hydroxyl groups is 1. The summed E-state index contributed by atoms with van der Waals surface area (Å²) in [6.45, 7) is 5.06. The molecule has 1 aliphatic rings. The molecule has 5 rings (SSSR count). The van der Waals surface area contributed by atoms with Crippen molar-refractivity contribution in [3.63, 3.8) is 0 Å². The molecular formula is C36H35ClO5. The SMILES string of the molecule is CC(OCCO)=C(C)OCCOc1ccc(C2(c3ccc(OC/C=C/Cl)cc3)c3ccccc3-c3ccccc32)cc1. The molecular weight excluding hydrogens is 548 g/mol. The van der Waals surface area contributed by atoms with Crippen LogP contribution in [0.5, 0.6) is 11.5 Å². The lowest BCUT2D eigenvalue weighted by Crippen LogP contribution is -2.28. The van der Waals surface area contributed by atoms with E-state index >= 15 is 0 Å². The van der Waals surface area contributed by atoms with E-state index in [0.717, 1.165) is 22.6 Å². The van der Waals surface area contributed by atoms with Gasteiger partial charge in [0.15, 0.2) is 0 Å². The lowest BCUT2D eigenvalue weighted by Gasteiger charge is -2.34. The molecule has 0 fully saturated rings. The van der Waals surface area contributed by atoms with Gasteiger partial charge in [0.25, 0.3) is 0 Å². The van der Waals surface area contributed by atoms with E-state index in [9.17, 15) is 0 Å². The monoisotopic (exact) mass is 582 g/mol. The van der Waals surface area contributed by atoms with Crippen LogP contribution in [0.25, 0.3) is 11.1 Å². The molecule has 6 heteroatoms. The Hall–Kier alpha value is -4.19. The number of allylic oxidation sites excluding steroid dienone is 2. The Morgan fingerprint density at radius 1 is 0.667 bits per heavy atom. The molecule has 0 spiro atoms. The molecule has 1 N–H and O–H groups in total. The molecule has 0 radical (unpaired) electrons. The van der Waals surface area contributed by atoms with Crippen LogP contribution in [0.4, 0.5) is 0 Å². The Morgan fingerprint density at radius 2 is 1.17 bits per heavy atom. The van der Waals surface area contributed by atoms with Gasteiger partial charge in [0.1, 0.15) is 49.4 Å². The summed E-state index contributed by atoms with van der Waals surface area (Å²) in [5, 5.41) is 8.93. The molecule has 0 aliphatic heterocycles. The number of ether oxygens (including phenoxy) is 4. The molecule has 4 aromatic carbocycles. The number of rotatable bonds is 13. The second-order valence-corrected chi connectivity index (χ2v) is 10.2. The normalized spacial score (nSPS) is 13.7. The molecule has 0 aromatic heterocycles. The number of hydrogen-bond donors (Lipinski definition) is 1. The Balaban J connectivity index is 1.44. The van der Waals surface area contributed by atoms with Crippen LogP contribution >= 0.6 is 11.6 Å². The zero-order chi connectivity index (χ0) is 29.4. The molecule has 4 aromatic rings. The zero-order valence-electron chi connectivity index (χ0n) is 23.9. The summed E-state index contributed by atoms with van der Waals surface area (Å²) >= 11 is 5.66. The summed E-state index contributed by atoms with van der Waals surface area (Å²) in [7, 11) is 0. The first kappa shape index (κ1) is 29.3. The predicted molar refractivity (Wildman–Crippen MR) is 167 cm³/mol. The number of benzene rings is 4. The van der Waals surface area contributed by atoms with Gasteiger partial charge in [-0.1, -0.05) is 84.4 Å². The highest BCUT2D eigenvalue weighted by molar-refractivity contribution is 6.25. The van der Waals surface area contributed by atoms with Gasteiger partial charge in [-0.05, 0) is 77.6 Å². The summed E-state index contributed by atoms with van der Waals surface area (Å²) in [5.74, 6) is 2.88. The second kappa shape index (κ2) is 13.6. The van der Waals surface area contributed by atoms with Crippen molar-refractivity contribution in [2.75, 3.05) is 33.0 Å². The highest BCUT2D eigenvalue weighted by atomic mass is 35.5. The van der Waals surface area contributed by atoms with Crippen LogP contribution in [0, 0.1) is 0 Å². The first-order valence-electron chi connectivity index (χ1n) is 14.0. The summed E-state index contributed by atoms with van der Waals surface area (Å²) in [4.78, 5) is 0. The van der Waals surface area contributed by atoms with E-state index in [0.29, 0.717) is 31.3 Å². The van der Waals surface area contributed by atoms with Crippen molar-refractivity contribution in [1.82, 2.24) is 0 Å². The first-order valence-corrected chi connectivity index (χ1v) is 14.5. The molecule has 0 heterocycles. The fourth-order valence-corrected chi connectivity index (χ4v) is 5.64. The summed E-state index contributed by atoms with van der Waals surface area (Å²) in [6, 6.07) is 34.0. The van der Waals surface area contributed by atoms with E-state index in [4.69, 9.17) is 35.7 Å². The lowest BCUT2D eigenvalue weighted by atomic mass is 9.68. The Morgan fingerprint density at radius 3 is 1.69 bits per heavy atom. The van der Waals surface area contributed by atoms with E-state index in [1.165, 1.54) is 27.8 Å². The van der Waals surface area contributed by atoms with Crippen LogP contribution in [0.1, 0.15) is 36.1 Å². The third kappa shape index (κ3) is 5.89. The maximum absolute atomic E-state index is 8.93. The largest absolute Gasteiger partial charge is 0.492 e. The van der Waals surface area contributed by atoms with Gasteiger partial charge in [-0.25, -0.2) is 0 Å². The minimum Gasteiger partial charge on any atom is -0.492 e. The van der Waals surface area contributed by atoms with Gasteiger partial charge in [0.2, 0.25) is 0 Å². The van der Waals surface area contributed by atoms with Crippen LogP contribution in [0.2, 0.25) is 0 Å².